The minimum atomic E-state index is 0.139. The highest BCUT2D eigenvalue weighted by Gasteiger charge is 2.12. The number of rotatable bonds is 5. The lowest BCUT2D eigenvalue weighted by atomic mass is 10.2. The van der Waals surface area contributed by atoms with E-state index in [1.807, 2.05) is 30.3 Å². The van der Waals surface area contributed by atoms with Crippen LogP contribution in [0.4, 0.5) is 5.88 Å². The van der Waals surface area contributed by atoms with Gasteiger partial charge in [0.05, 0.1) is 13.3 Å². The summed E-state index contributed by atoms with van der Waals surface area (Å²) in [4.78, 5) is 4.00. The van der Waals surface area contributed by atoms with Crippen LogP contribution in [-0.4, -0.2) is 18.3 Å². The summed E-state index contributed by atoms with van der Waals surface area (Å²) in [6.45, 7) is 5.46. The van der Waals surface area contributed by atoms with E-state index in [2.05, 4.69) is 22.1 Å². The Bertz CT molecular complexity index is 708. The summed E-state index contributed by atoms with van der Waals surface area (Å²) in [7, 11) is 1.61. The first-order valence-electron chi connectivity index (χ1n) is 6.14. The fourth-order valence-corrected chi connectivity index (χ4v) is 1.51. The molecule has 0 radical (unpaired) electrons. The van der Waals surface area contributed by atoms with Gasteiger partial charge in [0.25, 0.3) is 5.88 Å². The monoisotopic (exact) mass is 282 g/mol. The van der Waals surface area contributed by atoms with Gasteiger partial charge in [-0.3, -0.25) is 0 Å². The zero-order valence-corrected chi connectivity index (χ0v) is 11.8. The highest BCUT2D eigenvalue weighted by Crippen LogP contribution is 2.20. The zero-order valence-electron chi connectivity index (χ0n) is 11.8. The SMILES string of the molecule is C=C(C)c1nc(C#N)c(NN=Cc2ccc(OC)cc2)o1. The number of nitrogens with one attached hydrogen (secondary N) is 1. The van der Waals surface area contributed by atoms with Crippen molar-refractivity contribution in [1.29, 1.82) is 5.26 Å². The van der Waals surface area contributed by atoms with Crippen molar-refractivity contribution in [3.05, 3.63) is 48.0 Å². The number of allylic oxidation sites excluding steroid dienone is 1. The molecule has 106 valence electrons. The zero-order chi connectivity index (χ0) is 15.2. The molecular formula is C15H14N4O2. The fourth-order valence-electron chi connectivity index (χ4n) is 1.51. The van der Waals surface area contributed by atoms with Gasteiger partial charge < -0.3 is 9.15 Å². The summed E-state index contributed by atoms with van der Waals surface area (Å²) in [5, 5.41) is 13.0. The van der Waals surface area contributed by atoms with Gasteiger partial charge in [-0.25, -0.2) is 5.43 Å². The van der Waals surface area contributed by atoms with E-state index in [1.54, 1.807) is 20.2 Å². The molecule has 1 heterocycles. The Morgan fingerprint density at radius 3 is 2.76 bits per heavy atom. The number of anilines is 1. The Kier molecular flexibility index (Phi) is 4.36. The van der Waals surface area contributed by atoms with E-state index in [0.717, 1.165) is 11.3 Å². The molecule has 0 fully saturated rings. The summed E-state index contributed by atoms with van der Waals surface area (Å²) in [6, 6.07) is 9.31. The Hall–Kier alpha value is -3.07. The predicted molar refractivity (Wildman–Crippen MR) is 80.1 cm³/mol. The van der Waals surface area contributed by atoms with E-state index in [1.165, 1.54) is 0 Å². The van der Waals surface area contributed by atoms with Gasteiger partial charge in [0.15, 0.2) is 0 Å². The molecule has 0 aliphatic heterocycles. The molecule has 0 aliphatic carbocycles. The minimum absolute atomic E-state index is 0.139. The van der Waals surface area contributed by atoms with Crippen molar-refractivity contribution in [3.63, 3.8) is 0 Å². The average molecular weight is 282 g/mol. The molecule has 0 amide bonds. The lowest BCUT2D eigenvalue weighted by Gasteiger charge is -1.99. The van der Waals surface area contributed by atoms with E-state index < -0.39 is 0 Å². The number of hydrogen-bond acceptors (Lipinski definition) is 6. The molecule has 1 aromatic heterocycles. The second-order valence-corrected chi connectivity index (χ2v) is 4.23. The van der Waals surface area contributed by atoms with Crippen molar-refractivity contribution >= 4 is 17.7 Å². The van der Waals surface area contributed by atoms with Crippen molar-refractivity contribution in [2.24, 2.45) is 5.10 Å². The minimum Gasteiger partial charge on any atom is -0.497 e. The number of hydrazone groups is 1. The topological polar surface area (TPSA) is 83.4 Å². The standard InChI is InChI=1S/C15H14N4O2/c1-10(2)14-18-13(8-16)15(21-14)19-17-9-11-4-6-12(20-3)7-5-11/h4-7,9,19H,1H2,2-3H3. The van der Waals surface area contributed by atoms with E-state index in [4.69, 9.17) is 14.4 Å². The lowest BCUT2D eigenvalue weighted by molar-refractivity contribution is 0.415. The second-order valence-electron chi connectivity index (χ2n) is 4.23. The van der Waals surface area contributed by atoms with Gasteiger partial charge >= 0.3 is 0 Å². The van der Waals surface area contributed by atoms with Gasteiger partial charge in [0.1, 0.15) is 11.8 Å². The Balaban J connectivity index is 2.10. The van der Waals surface area contributed by atoms with Crippen molar-refractivity contribution in [3.8, 4) is 11.8 Å². The van der Waals surface area contributed by atoms with Crippen LogP contribution in [0.1, 0.15) is 24.1 Å². The van der Waals surface area contributed by atoms with Gasteiger partial charge in [0, 0.05) is 5.57 Å². The molecule has 0 saturated carbocycles. The number of hydrogen-bond donors (Lipinski definition) is 1. The molecule has 6 nitrogen and oxygen atoms in total. The van der Waals surface area contributed by atoms with Crippen LogP contribution >= 0.6 is 0 Å². The summed E-state index contributed by atoms with van der Waals surface area (Å²) in [5.41, 5.74) is 4.31. The molecule has 0 spiro atoms. The van der Waals surface area contributed by atoms with Crippen LogP contribution in [0, 0.1) is 11.3 Å². The van der Waals surface area contributed by atoms with Gasteiger partial charge in [-0.1, -0.05) is 6.58 Å². The first-order valence-corrected chi connectivity index (χ1v) is 6.14. The third kappa shape index (κ3) is 3.48. The van der Waals surface area contributed by atoms with Gasteiger partial charge in [-0.05, 0) is 36.8 Å². The third-order valence-electron chi connectivity index (χ3n) is 2.59. The molecule has 0 saturated heterocycles. The van der Waals surface area contributed by atoms with Gasteiger partial charge in [-0.2, -0.15) is 15.3 Å². The highest BCUT2D eigenvalue weighted by atomic mass is 16.5. The molecule has 0 unspecified atom stereocenters. The van der Waals surface area contributed by atoms with E-state index in [-0.39, 0.29) is 11.6 Å². The third-order valence-corrected chi connectivity index (χ3v) is 2.59. The Morgan fingerprint density at radius 2 is 2.19 bits per heavy atom. The normalized spacial score (nSPS) is 10.3. The predicted octanol–water partition coefficient (Wildman–Crippen LogP) is 3.03. The van der Waals surface area contributed by atoms with Crippen LogP contribution in [0.25, 0.3) is 5.57 Å². The highest BCUT2D eigenvalue weighted by molar-refractivity contribution is 5.80. The number of ether oxygens (including phenoxy) is 1. The van der Waals surface area contributed by atoms with E-state index in [9.17, 15) is 0 Å². The summed E-state index contributed by atoms with van der Waals surface area (Å²) < 4.78 is 10.4. The fraction of sp³-hybridized carbons (Fsp3) is 0.133. The van der Waals surface area contributed by atoms with Crippen LogP contribution in [-0.2, 0) is 0 Å². The van der Waals surface area contributed by atoms with Gasteiger partial charge in [-0.15, -0.1) is 0 Å². The maximum atomic E-state index is 8.98. The van der Waals surface area contributed by atoms with Crippen molar-refractivity contribution in [2.75, 3.05) is 12.5 Å². The van der Waals surface area contributed by atoms with Crippen LogP contribution in [0.15, 0.2) is 40.4 Å². The summed E-state index contributed by atoms with van der Waals surface area (Å²) in [5.74, 6) is 1.28. The van der Waals surface area contributed by atoms with Crippen LogP contribution in [0.2, 0.25) is 0 Å². The van der Waals surface area contributed by atoms with Crippen molar-refractivity contribution < 1.29 is 9.15 Å². The first kappa shape index (κ1) is 14.3. The first-order chi connectivity index (χ1) is 10.1. The quantitative estimate of drug-likeness (QED) is 0.673. The molecule has 0 aliphatic rings. The second kappa shape index (κ2) is 6.39. The number of nitrogens with zero attached hydrogens (tertiary/aromatic N) is 3. The Labute approximate surface area is 122 Å². The van der Waals surface area contributed by atoms with Crippen molar-refractivity contribution in [1.82, 2.24) is 4.98 Å². The molecule has 21 heavy (non-hydrogen) atoms. The van der Waals surface area contributed by atoms with Crippen molar-refractivity contribution in [2.45, 2.75) is 6.92 Å². The number of nitriles is 1. The lowest BCUT2D eigenvalue weighted by Crippen LogP contribution is -1.91. The average Bonchev–Trinajstić information content (AvgIpc) is 2.91. The Morgan fingerprint density at radius 1 is 1.48 bits per heavy atom. The molecule has 1 aromatic carbocycles. The molecule has 6 heteroatoms. The molecule has 0 bridgehead atoms. The largest absolute Gasteiger partial charge is 0.497 e. The molecule has 2 aromatic rings. The number of oxazole rings is 1. The van der Waals surface area contributed by atoms with E-state index >= 15 is 0 Å². The summed E-state index contributed by atoms with van der Waals surface area (Å²) >= 11 is 0. The molecular weight excluding hydrogens is 268 g/mol. The number of benzene rings is 1. The van der Waals surface area contributed by atoms with Crippen LogP contribution in [0.5, 0.6) is 5.75 Å². The number of aromatic nitrogens is 1. The van der Waals surface area contributed by atoms with Crippen LogP contribution < -0.4 is 10.2 Å². The molecule has 0 atom stereocenters. The maximum Gasteiger partial charge on any atom is 0.252 e. The van der Waals surface area contributed by atoms with Gasteiger partial charge in [0.2, 0.25) is 11.6 Å². The summed E-state index contributed by atoms with van der Waals surface area (Å²) in [6.07, 6.45) is 1.60. The molecule has 1 N–H and O–H groups in total. The van der Waals surface area contributed by atoms with Crippen LogP contribution in [0.3, 0.4) is 0 Å². The smallest absolute Gasteiger partial charge is 0.252 e. The molecule has 2 rings (SSSR count). The maximum absolute atomic E-state index is 8.98. The van der Waals surface area contributed by atoms with E-state index in [0.29, 0.717) is 11.5 Å². The number of methoxy groups -OCH3 is 1.